The molecular weight excluding hydrogens is 302 g/mol. The predicted octanol–water partition coefficient (Wildman–Crippen LogP) is 1.00. The first kappa shape index (κ1) is 14.7. The molecule has 0 saturated heterocycles. The van der Waals surface area contributed by atoms with Gasteiger partial charge in [0, 0.05) is 25.7 Å². The van der Waals surface area contributed by atoms with Gasteiger partial charge in [0.1, 0.15) is 10.6 Å². The van der Waals surface area contributed by atoms with Gasteiger partial charge >= 0.3 is 5.97 Å². The van der Waals surface area contributed by atoms with E-state index >= 15 is 0 Å². The Kier molecular flexibility index (Phi) is 3.93. The van der Waals surface area contributed by atoms with E-state index in [4.69, 9.17) is 5.11 Å². The van der Waals surface area contributed by atoms with E-state index < -0.39 is 16.0 Å². The quantitative estimate of drug-likeness (QED) is 0.888. The molecule has 2 rings (SSSR count). The topological polar surface area (TPSA) is 92.5 Å². The highest BCUT2D eigenvalue weighted by Gasteiger charge is 2.25. The first-order valence-electron chi connectivity index (χ1n) is 5.55. The summed E-state index contributed by atoms with van der Waals surface area (Å²) in [5.74, 6) is -1.17. The fraction of sp³-hybridized carbons (Fsp3) is 0.273. The maximum Gasteiger partial charge on any atom is 0.352 e. The summed E-state index contributed by atoms with van der Waals surface area (Å²) in [6, 6.07) is 1.15. The van der Waals surface area contributed by atoms with Gasteiger partial charge in [0.25, 0.3) is 0 Å². The lowest BCUT2D eigenvalue weighted by atomic mass is 10.4. The van der Waals surface area contributed by atoms with Gasteiger partial charge in [-0.25, -0.2) is 18.2 Å². The van der Waals surface area contributed by atoms with Crippen molar-refractivity contribution < 1.29 is 18.3 Å². The van der Waals surface area contributed by atoms with E-state index in [2.05, 4.69) is 4.98 Å². The molecule has 0 aliphatic rings. The third-order valence-electron chi connectivity index (χ3n) is 2.78. The van der Waals surface area contributed by atoms with Gasteiger partial charge in [-0.3, -0.25) is 0 Å². The molecular formula is C11H13N3O4S2. The molecule has 0 saturated carbocycles. The van der Waals surface area contributed by atoms with Gasteiger partial charge in [0.15, 0.2) is 0 Å². The molecule has 2 heterocycles. The third kappa shape index (κ3) is 2.74. The number of nitrogens with zero attached hydrogens (tertiary/aromatic N) is 3. The van der Waals surface area contributed by atoms with Gasteiger partial charge in [-0.2, -0.15) is 4.31 Å². The van der Waals surface area contributed by atoms with Gasteiger partial charge in [-0.15, -0.1) is 11.3 Å². The molecule has 0 bridgehead atoms. The summed E-state index contributed by atoms with van der Waals surface area (Å²) in [4.78, 5) is 14.9. The van der Waals surface area contributed by atoms with Crippen LogP contribution in [0, 0.1) is 0 Å². The Morgan fingerprint density at radius 1 is 1.55 bits per heavy atom. The molecule has 0 amide bonds. The fourth-order valence-electron chi connectivity index (χ4n) is 1.70. The van der Waals surface area contributed by atoms with Crippen molar-refractivity contribution >= 4 is 27.3 Å². The molecule has 0 spiro atoms. The Bertz CT molecular complexity index is 719. The Labute approximate surface area is 120 Å². The zero-order valence-electron chi connectivity index (χ0n) is 10.8. The second-order valence-corrected chi connectivity index (χ2v) is 6.98. The highest BCUT2D eigenvalue weighted by Crippen LogP contribution is 2.19. The first-order valence-corrected chi connectivity index (χ1v) is 7.93. The Balaban J connectivity index is 2.30. The smallest absolute Gasteiger partial charge is 0.352 e. The molecule has 20 heavy (non-hydrogen) atoms. The van der Waals surface area contributed by atoms with Crippen molar-refractivity contribution in [2.45, 2.75) is 11.4 Å². The van der Waals surface area contributed by atoms with Crippen molar-refractivity contribution in [1.82, 2.24) is 13.9 Å². The second-order valence-electron chi connectivity index (χ2n) is 4.22. The largest absolute Gasteiger partial charge is 0.477 e. The van der Waals surface area contributed by atoms with Crippen LogP contribution < -0.4 is 0 Å². The summed E-state index contributed by atoms with van der Waals surface area (Å²) >= 11 is 1.38. The number of aryl methyl sites for hydroxylation is 1. The van der Waals surface area contributed by atoms with Gasteiger partial charge in [0.05, 0.1) is 17.7 Å². The van der Waals surface area contributed by atoms with Crippen LogP contribution in [0.1, 0.15) is 16.2 Å². The third-order valence-corrected chi connectivity index (χ3v) is 5.18. The van der Waals surface area contributed by atoms with E-state index in [1.54, 1.807) is 10.9 Å². The summed E-state index contributed by atoms with van der Waals surface area (Å²) < 4.78 is 27.1. The lowest BCUT2D eigenvalue weighted by Crippen LogP contribution is -2.26. The van der Waals surface area contributed by atoms with E-state index in [0.29, 0.717) is 5.69 Å². The molecule has 0 radical (unpaired) electrons. The van der Waals surface area contributed by atoms with Crippen LogP contribution in [0.3, 0.4) is 0 Å². The molecule has 0 aliphatic carbocycles. The molecule has 0 fully saturated rings. The SMILES string of the molecule is CN(Cc1cscn1)S(=O)(=O)c1cc(C(=O)O)n(C)c1. The van der Waals surface area contributed by atoms with Crippen LogP contribution in [-0.2, 0) is 23.6 Å². The van der Waals surface area contributed by atoms with Crippen molar-refractivity contribution in [3.63, 3.8) is 0 Å². The highest BCUT2D eigenvalue weighted by molar-refractivity contribution is 7.89. The van der Waals surface area contributed by atoms with Crippen LogP contribution in [0.2, 0.25) is 0 Å². The van der Waals surface area contributed by atoms with E-state index in [-0.39, 0.29) is 17.1 Å². The number of carboxylic acid groups (broad SMARTS) is 1. The van der Waals surface area contributed by atoms with E-state index in [1.807, 2.05) is 0 Å². The number of carboxylic acids is 1. The van der Waals surface area contributed by atoms with Crippen molar-refractivity contribution in [2.75, 3.05) is 7.05 Å². The lowest BCUT2D eigenvalue weighted by Gasteiger charge is -2.14. The molecule has 0 atom stereocenters. The molecule has 2 aromatic rings. The zero-order valence-corrected chi connectivity index (χ0v) is 12.5. The van der Waals surface area contributed by atoms with Crippen molar-refractivity contribution in [3.8, 4) is 0 Å². The first-order chi connectivity index (χ1) is 9.32. The van der Waals surface area contributed by atoms with Crippen LogP contribution >= 0.6 is 11.3 Å². The standard InChI is InChI=1S/C11H13N3O4S2/c1-13-5-9(3-10(13)11(15)16)20(17,18)14(2)4-8-6-19-7-12-8/h3,5-7H,4H2,1-2H3,(H,15,16). The number of thiazole rings is 1. The maximum atomic E-state index is 12.3. The van der Waals surface area contributed by atoms with E-state index in [9.17, 15) is 13.2 Å². The Hall–Kier alpha value is -1.71. The van der Waals surface area contributed by atoms with Crippen molar-refractivity contribution in [3.05, 3.63) is 34.5 Å². The van der Waals surface area contributed by atoms with Crippen molar-refractivity contribution in [1.29, 1.82) is 0 Å². The molecule has 0 aliphatic heterocycles. The number of aromatic carboxylic acids is 1. The van der Waals surface area contributed by atoms with Gasteiger partial charge in [-0.05, 0) is 6.07 Å². The molecule has 0 aromatic carbocycles. The summed E-state index contributed by atoms with van der Waals surface area (Å²) in [7, 11) is -0.815. The maximum absolute atomic E-state index is 12.3. The van der Waals surface area contributed by atoms with Gasteiger partial charge in [-0.1, -0.05) is 0 Å². The normalized spacial score (nSPS) is 11.9. The van der Waals surface area contributed by atoms with E-state index in [0.717, 1.165) is 10.4 Å². The Morgan fingerprint density at radius 2 is 2.25 bits per heavy atom. The number of rotatable bonds is 5. The Morgan fingerprint density at radius 3 is 2.75 bits per heavy atom. The molecule has 2 aromatic heterocycles. The number of sulfonamides is 1. The number of hydrogen-bond acceptors (Lipinski definition) is 5. The average molecular weight is 315 g/mol. The average Bonchev–Trinajstić information content (AvgIpc) is 2.98. The monoisotopic (exact) mass is 315 g/mol. The minimum absolute atomic E-state index is 0.0462. The van der Waals surface area contributed by atoms with Crippen LogP contribution in [0.25, 0.3) is 0 Å². The summed E-state index contributed by atoms with van der Waals surface area (Å²) in [5, 5.41) is 10.7. The summed E-state index contributed by atoms with van der Waals surface area (Å²) in [6.45, 7) is 0.142. The molecule has 108 valence electrons. The van der Waals surface area contributed by atoms with Crippen molar-refractivity contribution in [2.24, 2.45) is 7.05 Å². The minimum Gasteiger partial charge on any atom is -0.477 e. The molecule has 9 heteroatoms. The molecule has 7 nitrogen and oxygen atoms in total. The summed E-state index contributed by atoms with van der Waals surface area (Å²) in [5.41, 5.74) is 2.20. The molecule has 0 unspecified atom stereocenters. The van der Waals surface area contributed by atoms with Crippen LogP contribution in [0.5, 0.6) is 0 Å². The fourth-order valence-corrected chi connectivity index (χ4v) is 3.46. The second kappa shape index (κ2) is 5.35. The number of aromatic nitrogens is 2. The summed E-state index contributed by atoms with van der Waals surface area (Å²) in [6.07, 6.45) is 1.29. The zero-order chi connectivity index (χ0) is 14.9. The number of carbonyl (C=O) groups is 1. The van der Waals surface area contributed by atoms with Crippen LogP contribution in [0.4, 0.5) is 0 Å². The van der Waals surface area contributed by atoms with Gasteiger partial charge in [0.2, 0.25) is 10.0 Å². The van der Waals surface area contributed by atoms with Gasteiger partial charge < -0.3 is 9.67 Å². The van der Waals surface area contributed by atoms with Crippen LogP contribution in [0.15, 0.2) is 28.0 Å². The van der Waals surface area contributed by atoms with Crippen LogP contribution in [-0.4, -0.2) is 40.4 Å². The lowest BCUT2D eigenvalue weighted by molar-refractivity contribution is 0.0686. The van der Waals surface area contributed by atoms with E-state index in [1.165, 1.54) is 36.2 Å². The minimum atomic E-state index is -3.74. The predicted molar refractivity (Wildman–Crippen MR) is 73.1 cm³/mol. The number of hydrogen-bond donors (Lipinski definition) is 1. The molecule has 1 N–H and O–H groups in total. The highest BCUT2D eigenvalue weighted by atomic mass is 32.2.